The van der Waals surface area contributed by atoms with Gasteiger partial charge in [0.2, 0.25) is 0 Å². The first kappa shape index (κ1) is 28.2. The third-order valence-electron chi connectivity index (χ3n) is 10.8. The second-order valence-corrected chi connectivity index (χ2v) is 13.6. The molecule has 0 bridgehead atoms. The van der Waals surface area contributed by atoms with E-state index in [4.69, 9.17) is 4.42 Å². The van der Waals surface area contributed by atoms with E-state index in [1.807, 2.05) is 0 Å². The first-order chi connectivity index (χ1) is 25.3. The summed E-state index contributed by atoms with van der Waals surface area (Å²) in [6.07, 6.45) is 0. The van der Waals surface area contributed by atoms with Gasteiger partial charge in [-0.2, -0.15) is 0 Å². The van der Waals surface area contributed by atoms with Crippen LogP contribution in [0.25, 0.3) is 109 Å². The molecule has 0 aliphatic rings. The molecule has 0 atom stereocenters. The van der Waals surface area contributed by atoms with E-state index in [2.05, 4.69) is 182 Å². The van der Waals surface area contributed by atoms with E-state index in [1.54, 1.807) is 0 Å². The minimum Gasteiger partial charge on any atom is -0.455 e. The van der Waals surface area contributed by atoms with Crippen molar-refractivity contribution in [1.29, 1.82) is 0 Å². The number of benzene rings is 10. The summed E-state index contributed by atoms with van der Waals surface area (Å²) in [5.41, 5.74) is 9.27. The van der Waals surface area contributed by atoms with Crippen molar-refractivity contribution in [2.45, 2.75) is 0 Å². The monoisotopic (exact) mass is 646 g/mol. The van der Waals surface area contributed by atoms with Gasteiger partial charge in [-0.05, 0) is 94.0 Å². The summed E-state index contributed by atoms with van der Waals surface area (Å²) in [5.74, 6) is 0. The smallest absolute Gasteiger partial charge is 0.143 e. The Hall–Kier alpha value is -6.70. The summed E-state index contributed by atoms with van der Waals surface area (Å²) in [7, 11) is 0. The predicted molar refractivity (Wildman–Crippen MR) is 218 cm³/mol. The highest BCUT2D eigenvalue weighted by molar-refractivity contribution is 6.30. The Morgan fingerprint density at radius 1 is 0.294 bits per heavy atom. The molecular weight excluding hydrogens is 617 g/mol. The maximum Gasteiger partial charge on any atom is 0.143 e. The molecule has 1 aromatic heterocycles. The zero-order chi connectivity index (χ0) is 33.5. The molecule has 1 heteroatoms. The van der Waals surface area contributed by atoms with Crippen molar-refractivity contribution in [2.24, 2.45) is 0 Å². The van der Waals surface area contributed by atoms with Crippen molar-refractivity contribution in [3.63, 3.8) is 0 Å². The lowest BCUT2D eigenvalue weighted by Gasteiger charge is -2.19. The van der Waals surface area contributed by atoms with Gasteiger partial charge in [0.1, 0.15) is 11.2 Å². The summed E-state index contributed by atoms with van der Waals surface area (Å²) >= 11 is 0. The molecule has 0 saturated heterocycles. The summed E-state index contributed by atoms with van der Waals surface area (Å²) < 4.78 is 6.59. The highest BCUT2D eigenvalue weighted by Crippen LogP contribution is 2.46. The molecule has 51 heavy (non-hydrogen) atoms. The van der Waals surface area contributed by atoms with Gasteiger partial charge < -0.3 is 4.42 Å². The van der Waals surface area contributed by atoms with Gasteiger partial charge in [0.25, 0.3) is 0 Å². The van der Waals surface area contributed by atoms with Gasteiger partial charge in [-0.25, -0.2) is 0 Å². The molecule has 1 heterocycles. The lowest BCUT2D eigenvalue weighted by molar-refractivity contribution is 0.673. The van der Waals surface area contributed by atoms with Gasteiger partial charge in [0.15, 0.2) is 0 Å². The van der Waals surface area contributed by atoms with Crippen LogP contribution in [0.5, 0.6) is 0 Å². The fourth-order valence-electron chi connectivity index (χ4n) is 8.59. The quantitative estimate of drug-likeness (QED) is 0.138. The molecule has 0 amide bonds. The first-order valence-corrected chi connectivity index (χ1v) is 17.6. The van der Waals surface area contributed by atoms with Crippen molar-refractivity contribution in [3.05, 3.63) is 182 Å². The van der Waals surface area contributed by atoms with E-state index in [0.29, 0.717) is 0 Å². The van der Waals surface area contributed by atoms with E-state index in [-0.39, 0.29) is 0 Å². The van der Waals surface area contributed by atoms with Gasteiger partial charge in [-0.15, -0.1) is 0 Å². The second-order valence-electron chi connectivity index (χ2n) is 13.6. The number of rotatable bonds is 3. The third kappa shape index (κ3) is 4.16. The number of hydrogen-bond donors (Lipinski definition) is 0. The molecule has 1 nitrogen and oxygen atoms in total. The molecule has 0 radical (unpaired) electrons. The fraction of sp³-hybridized carbons (Fsp3) is 0. The highest BCUT2D eigenvalue weighted by Gasteiger charge is 2.19. The molecule has 0 saturated carbocycles. The number of furan rings is 1. The average Bonchev–Trinajstić information content (AvgIpc) is 3.59. The van der Waals surface area contributed by atoms with E-state index < -0.39 is 0 Å². The lowest BCUT2D eigenvalue weighted by Crippen LogP contribution is -1.91. The van der Waals surface area contributed by atoms with Crippen LogP contribution in [0.15, 0.2) is 186 Å². The molecule has 0 fully saturated rings. The molecule has 0 spiro atoms. The average molecular weight is 647 g/mol. The van der Waals surface area contributed by atoms with Gasteiger partial charge >= 0.3 is 0 Å². The molecule has 0 N–H and O–H groups in total. The molecule has 0 aliphatic heterocycles. The fourth-order valence-corrected chi connectivity index (χ4v) is 8.59. The Bertz CT molecular complexity index is 3120. The predicted octanol–water partition coefficient (Wildman–Crippen LogP) is 14.4. The van der Waals surface area contributed by atoms with Crippen molar-refractivity contribution in [3.8, 4) is 33.4 Å². The van der Waals surface area contributed by atoms with Crippen molar-refractivity contribution >= 4 is 75.8 Å². The molecule has 10 aromatic carbocycles. The Kier molecular flexibility index (Phi) is 6.02. The van der Waals surface area contributed by atoms with Gasteiger partial charge in [0, 0.05) is 16.2 Å². The van der Waals surface area contributed by atoms with Crippen LogP contribution in [0.3, 0.4) is 0 Å². The van der Waals surface area contributed by atoms with E-state index in [9.17, 15) is 0 Å². The minimum absolute atomic E-state index is 0.913. The van der Waals surface area contributed by atoms with Crippen LogP contribution in [0.1, 0.15) is 0 Å². The van der Waals surface area contributed by atoms with Crippen LogP contribution < -0.4 is 0 Å². The first-order valence-electron chi connectivity index (χ1n) is 17.6. The molecule has 0 aliphatic carbocycles. The zero-order valence-corrected chi connectivity index (χ0v) is 27.7. The molecule has 11 rings (SSSR count). The highest BCUT2D eigenvalue weighted by atomic mass is 16.3. The largest absolute Gasteiger partial charge is 0.455 e. The molecule has 236 valence electrons. The maximum atomic E-state index is 6.59. The van der Waals surface area contributed by atoms with Crippen LogP contribution in [-0.4, -0.2) is 0 Å². The van der Waals surface area contributed by atoms with Crippen molar-refractivity contribution in [2.75, 3.05) is 0 Å². The van der Waals surface area contributed by atoms with E-state index in [1.165, 1.54) is 87.2 Å². The zero-order valence-electron chi connectivity index (χ0n) is 27.7. The summed E-state index contributed by atoms with van der Waals surface area (Å²) in [6.45, 7) is 0. The van der Waals surface area contributed by atoms with Crippen molar-refractivity contribution in [1.82, 2.24) is 0 Å². The topological polar surface area (TPSA) is 13.1 Å². The van der Waals surface area contributed by atoms with Crippen LogP contribution in [0.2, 0.25) is 0 Å². The van der Waals surface area contributed by atoms with Gasteiger partial charge in [0.05, 0.1) is 0 Å². The summed E-state index contributed by atoms with van der Waals surface area (Å²) in [5, 5.41) is 14.8. The molecular formula is C50H30O. The van der Waals surface area contributed by atoms with E-state index >= 15 is 0 Å². The van der Waals surface area contributed by atoms with Crippen LogP contribution in [0.4, 0.5) is 0 Å². The number of fused-ring (bicyclic) bond motifs is 11. The maximum absolute atomic E-state index is 6.59. The SMILES string of the molecule is c1ccc2c(-c3c4ccccc4c(-c4ccc(-c5ccc6oc7c8ccccc8c8ccccc8c7c6c5)cc4)c4ccccc34)cccc2c1. The summed E-state index contributed by atoms with van der Waals surface area (Å²) in [4.78, 5) is 0. The minimum atomic E-state index is 0.913. The van der Waals surface area contributed by atoms with Gasteiger partial charge in [-0.3, -0.25) is 0 Å². The Labute approximate surface area is 294 Å². The Morgan fingerprint density at radius 2 is 0.784 bits per heavy atom. The third-order valence-corrected chi connectivity index (χ3v) is 10.8. The standard InChI is InChI=1S/C50H30O/c1-2-14-35-32(12-1)13-11-23-38(35)48-42-20-8-6-18-40(42)47(41-19-7-9-21-43(41)48)33-26-24-31(25-27-33)34-28-29-46-45(30-34)49-39-17-5-3-15-36(39)37-16-4-10-22-44(37)50(49)51-46/h1-30H. The molecule has 11 aromatic rings. The molecule has 0 unspecified atom stereocenters. The van der Waals surface area contributed by atoms with E-state index in [0.717, 1.165) is 21.9 Å². The Balaban J connectivity index is 1.10. The second kappa shape index (κ2) is 10.9. The Morgan fingerprint density at radius 3 is 1.47 bits per heavy atom. The van der Waals surface area contributed by atoms with Crippen LogP contribution in [0, 0.1) is 0 Å². The van der Waals surface area contributed by atoms with Crippen molar-refractivity contribution < 1.29 is 4.42 Å². The van der Waals surface area contributed by atoms with Crippen LogP contribution in [-0.2, 0) is 0 Å². The normalized spacial score (nSPS) is 11.9. The van der Waals surface area contributed by atoms with Crippen LogP contribution >= 0.6 is 0 Å². The number of hydrogen-bond acceptors (Lipinski definition) is 1. The van der Waals surface area contributed by atoms with Gasteiger partial charge in [-0.1, -0.05) is 170 Å². The summed E-state index contributed by atoms with van der Waals surface area (Å²) in [6, 6.07) is 66.2. The lowest BCUT2D eigenvalue weighted by atomic mass is 9.84.